The molecule has 1 fully saturated rings. The van der Waals surface area contributed by atoms with Crippen LogP contribution in [0.4, 0.5) is 4.39 Å². The third kappa shape index (κ3) is 4.61. The fraction of sp³-hybridized carbons (Fsp3) is 0.455. The Kier molecular flexibility index (Phi) is 6.17. The van der Waals surface area contributed by atoms with E-state index in [1.54, 1.807) is 12.1 Å². The molecule has 150 valence electrons. The Morgan fingerprint density at radius 3 is 2.32 bits per heavy atom. The minimum atomic E-state index is -0.281. The first-order chi connectivity index (χ1) is 13.3. The van der Waals surface area contributed by atoms with Crippen LogP contribution in [0.2, 0.25) is 0 Å². The second-order valence-corrected chi connectivity index (χ2v) is 7.72. The average molecular weight is 385 g/mol. The van der Waals surface area contributed by atoms with Gasteiger partial charge in [0.05, 0.1) is 0 Å². The summed E-state index contributed by atoms with van der Waals surface area (Å²) >= 11 is 0. The van der Waals surface area contributed by atoms with Crippen molar-refractivity contribution in [2.24, 2.45) is 5.92 Å². The lowest BCUT2D eigenvalue weighted by atomic mass is 9.93. The minimum absolute atomic E-state index is 0.000522. The van der Waals surface area contributed by atoms with Crippen molar-refractivity contribution in [1.82, 2.24) is 15.2 Å². The van der Waals surface area contributed by atoms with E-state index in [1.165, 1.54) is 12.1 Å². The number of rotatable bonds is 5. The molecule has 1 aromatic heterocycles. The van der Waals surface area contributed by atoms with Crippen LogP contribution in [0.15, 0.2) is 24.3 Å². The standard InChI is InChI=1S/C22H28FN3O2/c1-14-15(2)21(25-16(14)3)22(28)26-10-8-17(9-11-26)12-20(27)24-13-18-4-6-19(23)7-5-18/h4-7,17,25H,8-13H2,1-3H3,(H,24,27). The maximum atomic E-state index is 12.9. The van der Waals surface area contributed by atoms with Crippen molar-refractivity contribution in [3.63, 3.8) is 0 Å². The molecule has 0 spiro atoms. The first kappa shape index (κ1) is 20.1. The van der Waals surface area contributed by atoms with Crippen molar-refractivity contribution in [3.8, 4) is 0 Å². The normalized spacial score (nSPS) is 14.9. The molecular weight excluding hydrogens is 357 g/mol. The number of carbonyl (C=O) groups is 2. The zero-order valence-electron chi connectivity index (χ0n) is 16.8. The Labute approximate surface area is 165 Å². The summed E-state index contributed by atoms with van der Waals surface area (Å²) in [5.74, 6) is 0.0511. The lowest BCUT2D eigenvalue weighted by Crippen LogP contribution is -2.40. The number of piperidine rings is 1. The number of aromatic nitrogens is 1. The van der Waals surface area contributed by atoms with Gasteiger partial charge in [0.15, 0.2) is 0 Å². The van der Waals surface area contributed by atoms with Crippen molar-refractivity contribution in [1.29, 1.82) is 0 Å². The highest BCUT2D eigenvalue weighted by atomic mass is 19.1. The molecule has 0 saturated carbocycles. The number of nitrogens with zero attached hydrogens (tertiary/aromatic N) is 1. The molecule has 28 heavy (non-hydrogen) atoms. The van der Waals surface area contributed by atoms with Gasteiger partial charge in [-0.2, -0.15) is 0 Å². The van der Waals surface area contributed by atoms with E-state index >= 15 is 0 Å². The Bertz CT molecular complexity index is 849. The number of nitrogens with one attached hydrogen (secondary N) is 2. The van der Waals surface area contributed by atoms with Crippen molar-refractivity contribution in [2.75, 3.05) is 13.1 Å². The van der Waals surface area contributed by atoms with E-state index in [0.717, 1.165) is 35.2 Å². The highest BCUT2D eigenvalue weighted by molar-refractivity contribution is 5.94. The number of aryl methyl sites for hydroxylation is 1. The molecule has 0 atom stereocenters. The van der Waals surface area contributed by atoms with E-state index in [2.05, 4.69) is 10.3 Å². The zero-order valence-corrected chi connectivity index (χ0v) is 16.8. The summed E-state index contributed by atoms with van der Waals surface area (Å²) in [4.78, 5) is 30.1. The monoisotopic (exact) mass is 385 g/mol. The first-order valence-electron chi connectivity index (χ1n) is 9.81. The van der Waals surface area contributed by atoms with Crippen LogP contribution in [-0.4, -0.2) is 34.8 Å². The minimum Gasteiger partial charge on any atom is -0.354 e. The third-order valence-electron chi connectivity index (χ3n) is 5.81. The number of aromatic amines is 1. The molecule has 0 radical (unpaired) electrons. The number of likely N-dealkylation sites (tertiary alicyclic amines) is 1. The fourth-order valence-electron chi connectivity index (χ4n) is 3.69. The largest absolute Gasteiger partial charge is 0.354 e. The maximum absolute atomic E-state index is 12.9. The molecule has 0 unspecified atom stereocenters. The van der Waals surface area contributed by atoms with Crippen LogP contribution >= 0.6 is 0 Å². The molecule has 1 saturated heterocycles. The fourth-order valence-corrected chi connectivity index (χ4v) is 3.69. The molecule has 5 nitrogen and oxygen atoms in total. The molecule has 2 heterocycles. The molecule has 2 amide bonds. The maximum Gasteiger partial charge on any atom is 0.270 e. The SMILES string of the molecule is Cc1[nH]c(C(=O)N2CCC(CC(=O)NCc3ccc(F)cc3)CC2)c(C)c1C. The summed E-state index contributed by atoms with van der Waals surface area (Å²) in [7, 11) is 0. The molecular formula is C22H28FN3O2. The summed E-state index contributed by atoms with van der Waals surface area (Å²) in [6, 6.07) is 6.13. The lowest BCUT2D eigenvalue weighted by molar-refractivity contribution is -0.122. The summed E-state index contributed by atoms with van der Waals surface area (Å²) in [5.41, 5.74) is 4.75. The average Bonchev–Trinajstić information content (AvgIpc) is 2.95. The van der Waals surface area contributed by atoms with Crippen molar-refractivity contribution in [2.45, 2.75) is 46.6 Å². The second-order valence-electron chi connectivity index (χ2n) is 7.72. The Hall–Kier alpha value is -2.63. The third-order valence-corrected chi connectivity index (χ3v) is 5.81. The number of hydrogen-bond donors (Lipinski definition) is 2. The first-order valence-corrected chi connectivity index (χ1v) is 9.81. The van der Waals surface area contributed by atoms with Gasteiger partial charge in [-0.05, 0) is 68.4 Å². The van der Waals surface area contributed by atoms with Crippen molar-refractivity contribution < 1.29 is 14.0 Å². The molecule has 6 heteroatoms. The van der Waals surface area contributed by atoms with Crippen LogP contribution in [0.1, 0.15) is 52.1 Å². The number of halogens is 1. The van der Waals surface area contributed by atoms with Gasteiger partial charge in [-0.3, -0.25) is 9.59 Å². The van der Waals surface area contributed by atoms with Crippen LogP contribution in [-0.2, 0) is 11.3 Å². The van der Waals surface area contributed by atoms with E-state index in [0.29, 0.717) is 31.7 Å². The molecule has 2 N–H and O–H groups in total. The van der Waals surface area contributed by atoms with Crippen LogP contribution in [0, 0.1) is 32.5 Å². The van der Waals surface area contributed by atoms with E-state index in [-0.39, 0.29) is 23.5 Å². The van der Waals surface area contributed by atoms with Gasteiger partial charge in [-0.1, -0.05) is 12.1 Å². The van der Waals surface area contributed by atoms with Gasteiger partial charge in [0, 0.05) is 31.7 Å². The Morgan fingerprint density at radius 1 is 1.11 bits per heavy atom. The number of amides is 2. The molecule has 1 aliphatic rings. The molecule has 0 aliphatic carbocycles. The molecule has 1 aliphatic heterocycles. The predicted molar refractivity (Wildman–Crippen MR) is 106 cm³/mol. The van der Waals surface area contributed by atoms with E-state index < -0.39 is 0 Å². The predicted octanol–water partition coefficient (Wildman–Crippen LogP) is 3.64. The molecule has 0 bridgehead atoms. The van der Waals surface area contributed by atoms with Gasteiger partial charge in [0.2, 0.25) is 5.91 Å². The summed E-state index contributed by atoms with van der Waals surface area (Å²) in [6.45, 7) is 7.73. The van der Waals surface area contributed by atoms with Crippen LogP contribution in [0.5, 0.6) is 0 Å². The van der Waals surface area contributed by atoms with Gasteiger partial charge in [0.1, 0.15) is 11.5 Å². The summed E-state index contributed by atoms with van der Waals surface area (Å²) < 4.78 is 12.9. The van der Waals surface area contributed by atoms with Gasteiger partial charge in [-0.25, -0.2) is 4.39 Å². The highest BCUT2D eigenvalue weighted by Gasteiger charge is 2.27. The van der Waals surface area contributed by atoms with Gasteiger partial charge in [0.25, 0.3) is 5.91 Å². The smallest absolute Gasteiger partial charge is 0.270 e. The lowest BCUT2D eigenvalue weighted by Gasteiger charge is -2.31. The molecule has 3 rings (SSSR count). The molecule has 2 aromatic rings. The number of benzene rings is 1. The Morgan fingerprint density at radius 2 is 1.75 bits per heavy atom. The molecule has 1 aromatic carbocycles. The number of hydrogen-bond acceptors (Lipinski definition) is 2. The van der Waals surface area contributed by atoms with Gasteiger partial charge >= 0.3 is 0 Å². The number of H-pyrrole nitrogens is 1. The van der Waals surface area contributed by atoms with E-state index in [1.807, 2.05) is 25.7 Å². The summed E-state index contributed by atoms with van der Waals surface area (Å²) in [6.07, 6.45) is 2.11. The number of carbonyl (C=O) groups excluding carboxylic acids is 2. The van der Waals surface area contributed by atoms with Gasteiger partial charge < -0.3 is 15.2 Å². The zero-order chi connectivity index (χ0) is 20.3. The van der Waals surface area contributed by atoms with Gasteiger partial charge in [-0.15, -0.1) is 0 Å². The van der Waals surface area contributed by atoms with E-state index in [4.69, 9.17) is 0 Å². The summed E-state index contributed by atoms with van der Waals surface area (Å²) in [5, 5.41) is 2.90. The van der Waals surface area contributed by atoms with Crippen LogP contribution in [0.3, 0.4) is 0 Å². The van der Waals surface area contributed by atoms with Crippen LogP contribution in [0.25, 0.3) is 0 Å². The van der Waals surface area contributed by atoms with E-state index in [9.17, 15) is 14.0 Å². The second kappa shape index (κ2) is 8.59. The van der Waals surface area contributed by atoms with Crippen molar-refractivity contribution in [3.05, 3.63) is 58.2 Å². The topological polar surface area (TPSA) is 65.2 Å². The van der Waals surface area contributed by atoms with Crippen LogP contribution < -0.4 is 5.32 Å². The Balaban J connectivity index is 1.45. The quantitative estimate of drug-likeness (QED) is 0.825. The van der Waals surface area contributed by atoms with Crippen molar-refractivity contribution >= 4 is 11.8 Å². The highest BCUT2D eigenvalue weighted by Crippen LogP contribution is 2.24.